The zero-order chi connectivity index (χ0) is 12.3. The summed E-state index contributed by atoms with van der Waals surface area (Å²) in [4.78, 5) is 2.23. The second-order valence-corrected chi connectivity index (χ2v) is 5.03. The lowest BCUT2D eigenvalue weighted by atomic mass is 10.1. The van der Waals surface area contributed by atoms with Gasteiger partial charge >= 0.3 is 0 Å². The third-order valence-electron chi connectivity index (χ3n) is 3.04. The predicted octanol–water partition coefficient (Wildman–Crippen LogP) is -0.278. The lowest BCUT2D eigenvalue weighted by Gasteiger charge is -2.25. The molecule has 2 heterocycles. The number of hydrogen-bond donors (Lipinski definition) is 4. The molecule has 0 amide bonds. The SMILES string of the molecule is C1CNCNC1.CN(C)CCC1CCCNN1. The summed E-state index contributed by atoms with van der Waals surface area (Å²) in [5.74, 6) is 0. The molecule has 0 aromatic heterocycles. The monoisotopic (exact) mass is 243 g/mol. The number of nitrogens with one attached hydrogen (secondary N) is 4. The largest absolute Gasteiger partial charge is 0.309 e. The van der Waals surface area contributed by atoms with Crippen molar-refractivity contribution in [3.05, 3.63) is 0 Å². The number of rotatable bonds is 3. The summed E-state index contributed by atoms with van der Waals surface area (Å²) in [6, 6.07) is 0.686. The van der Waals surface area contributed by atoms with E-state index in [0.29, 0.717) is 6.04 Å². The summed E-state index contributed by atoms with van der Waals surface area (Å²) >= 11 is 0. The Kier molecular flexibility index (Phi) is 8.56. The van der Waals surface area contributed by atoms with Gasteiger partial charge in [-0.15, -0.1) is 0 Å². The minimum Gasteiger partial charge on any atom is -0.309 e. The molecule has 2 saturated heterocycles. The smallest absolute Gasteiger partial charge is 0.0454 e. The molecule has 0 aromatic carbocycles. The van der Waals surface area contributed by atoms with E-state index >= 15 is 0 Å². The Morgan fingerprint density at radius 3 is 2.24 bits per heavy atom. The zero-order valence-corrected chi connectivity index (χ0v) is 11.4. The number of nitrogens with zero attached hydrogens (tertiary/aromatic N) is 1. The molecule has 0 radical (unpaired) electrons. The van der Waals surface area contributed by atoms with E-state index in [1.165, 1.54) is 45.3 Å². The van der Waals surface area contributed by atoms with Gasteiger partial charge in [0.25, 0.3) is 0 Å². The Balaban J connectivity index is 0.000000202. The molecule has 1 unspecified atom stereocenters. The van der Waals surface area contributed by atoms with Gasteiger partial charge in [0.2, 0.25) is 0 Å². The van der Waals surface area contributed by atoms with E-state index in [1.54, 1.807) is 0 Å². The number of hydrogen-bond acceptors (Lipinski definition) is 5. The summed E-state index contributed by atoms with van der Waals surface area (Å²) in [5, 5.41) is 6.35. The third kappa shape index (κ3) is 8.51. The van der Waals surface area contributed by atoms with Crippen LogP contribution in [0.15, 0.2) is 0 Å². The van der Waals surface area contributed by atoms with Gasteiger partial charge in [-0.05, 0) is 59.4 Å². The van der Waals surface area contributed by atoms with Crippen LogP contribution in [-0.4, -0.2) is 57.9 Å². The molecule has 0 aliphatic carbocycles. The Morgan fingerprint density at radius 2 is 1.82 bits per heavy atom. The molecule has 4 N–H and O–H groups in total. The fourth-order valence-electron chi connectivity index (χ4n) is 1.96. The predicted molar refractivity (Wildman–Crippen MR) is 72.8 cm³/mol. The summed E-state index contributed by atoms with van der Waals surface area (Å²) in [7, 11) is 4.24. The Labute approximate surface area is 106 Å². The van der Waals surface area contributed by atoms with Crippen LogP contribution < -0.4 is 21.5 Å². The first kappa shape index (κ1) is 14.9. The van der Waals surface area contributed by atoms with Crippen molar-refractivity contribution in [2.24, 2.45) is 0 Å². The topological polar surface area (TPSA) is 51.4 Å². The molecule has 0 bridgehead atoms. The van der Waals surface area contributed by atoms with E-state index in [4.69, 9.17) is 0 Å². The van der Waals surface area contributed by atoms with Gasteiger partial charge < -0.3 is 15.5 Å². The first-order valence-corrected chi connectivity index (χ1v) is 6.83. The highest BCUT2D eigenvalue weighted by atomic mass is 15.4. The quantitative estimate of drug-likeness (QED) is 0.549. The van der Waals surface area contributed by atoms with Crippen molar-refractivity contribution in [1.82, 2.24) is 26.4 Å². The molecule has 2 aliphatic rings. The van der Waals surface area contributed by atoms with Gasteiger partial charge in [0.1, 0.15) is 0 Å². The standard InChI is InChI=1S/C8H19N3.C4H10N2/c1-11(2)7-5-8-4-3-6-9-10-8;1-2-5-4-6-3-1/h8-10H,3-7H2,1-2H3;5-6H,1-4H2. The molecule has 1 atom stereocenters. The van der Waals surface area contributed by atoms with Crippen LogP contribution in [0.25, 0.3) is 0 Å². The van der Waals surface area contributed by atoms with Crippen molar-refractivity contribution in [2.75, 3.05) is 46.9 Å². The van der Waals surface area contributed by atoms with Gasteiger partial charge in [0, 0.05) is 19.3 Å². The molecular weight excluding hydrogens is 214 g/mol. The Hall–Kier alpha value is -0.200. The second-order valence-electron chi connectivity index (χ2n) is 5.03. The molecular formula is C12H29N5. The molecule has 5 heteroatoms. The van der Waals surface area contributed by atoms with Crippen LogP contribution in [0.5, 0.6) is 0 Å². The molecule has 17 heavy (non-hydrogen) atoms. The highest BCUT2D eigenvalue weighted by Crippen LogP contribution is 2.04. The normalized spacial score (nSPS) is 25.2. The average molecular weight is 243 g/mol. The van der Waals surface area contributed by atoms with E-state index < -0.39 is 0 Å². The van der Waals surface area contributed by atoms with Crippen LogP contribution in [-0.2, 0) is 0 Å². The summed E-state index contributed by atoms with van der Waals surface area (Å²) in [5.41, 5.74) is 6.49. The summed E-state index contributed by atoms with van der Waals surface area (Å²) in [6.45, 7) is 5.68. The Morgan fingerprint density at radius 1 is 1.06 bits per heavy atom. The lowest BCUT2D eigenvalue weighted by Crippen LogP contribution is -2.46. The van der Waals surface area contributed by atoms with E-state index in [1.807, 2.05) is 0 Å². The van der Waals surface area contributed by atoms with E-state index in [2.05, 4.69) is 40.5 Å². The van der Waals surface area contributed by atoms with Crippen molar-refractivity contribution < 1.29 is 0 Å². The Bertz CT molecular complexity index is 153. The highest BCUT2D eigenvalue weighted by molar-refractivity contribution is 4.70. The molecule has 102 valence electrons. The third-order valence-corrected chi connectivity index (χ3v) is 3.04. The van der Waals surface area contributed by atoms with E-state index in [0.717, 1.165) is 13.2 Å². The van der Waals surface area contributed by atoms with Gasteiger partial charge in [0.15, 0.2) is 0 Å². The number of hydrazine groups is 1. The first-order valence-electron chi connectivity index (χ1n) is 6.83. The van der Waals surface area contributed by atoms with Gasteiger partial charge in [0.05, 0.1) is 0 Å². The van der Waals surface area contributed by atoms with Crippen LogP contribution >= 0.6 is 0 Å². The summed E-state index contributed by atoms with van der Waals surface area (Å²) < 4.78 is 0. The van der Waals surface area contributed by atoms with Crippen LogP contribution in [0.4, 0.5) is 0 Å². The minimum absolute atomic E-state index is 0.686. The van der Waals surface area contributed by atoms with Gasteiger partial charge in [-0.3, -0.25) is 10.9 Å². The van der Waals surface area contributed by atoms with Gasteiger partial charge in [-0.1, -0.05) is 0 Å². The highest BCUT2D eigenvalue weighted by Gasteiger charge is 2.11. The van der Waals surface area contributed by atoms with E-state index in [-0.39, 0.29) is 0 Å². The first-order chi connectivity index (χ1) is 8.29. The second kappa shape index (κ2) is 9.79. The van der Waals surface area contributed by atoms with Crippen molar-refractivity contribution in [3.63, 3.8) is 0 Å². The van der Waals surface area contributed by atoms with Gasteiger partial charge in [-0.2, -0.15) is 0 Å². The molecule has 0 saturated carbocycles. The maximum atomic E-state index is 3.30. The van der Waals surface area contributed by atoms with E-state index in [9.17, 15) is 0 Å². The lowest BCUT2D eigenvalue weighted by molar-refractivity contribution is 0.292. The van der Waals surface area contributed by atoms with Gasteiger partial charge in [-0.25, -0.2) is 0 Å². The van der Waals surface area contributed by atoms with Crippen LogP contribution in [0.1, 0.15) is 25.7 Å². The maximum absolute atomic E-state index is 3.30. The van der Waals surface area contributed by atoms with Crippen LogP contribution in [0, 0.1) is 0 Å². The zero-order valence-electron chi connectivity index (χ0n) is 11.4. The molecule has 0 spiro atoms. The van der Waals surface area contributed by atoms with Crippen LogP contribution in [0.2, 0.25) is 0 Å². The van der Waals surface area contributed by atoms with Crippen molar-refractivity contribution in [1.29, 1.82) is 0 Å². The maximum Gasteiger partial charge on any atom is 0.0454 e. The minimum atomic E-state index is 0.686. The molecule has 2 aliphatic heterocycles. The van der Waals surface area contributed by atoms with Crippen molar-refractivity contribution in [3.8, 4) is 0 Å². The molecule has 2 fully saturated rings. The van der Waals surface area contributed by atoms with Crippen molar-refractivity contribution in [2.45, 2.75) is 31.7 Å². The fourth-order valence-corrected chi connectivity index (χ4v) is 1.96. The summed E-state index contributed by atoms with van der Waals surface area (Å²) in [6.07, 6.45) is 5.16. The molecule has 2 rings (SSSR count). The van der Waals surface area contributed by atoms with Crippen molar-refractivity contribution >= 4 is 0 Å². The van der Waals surface area contributed by atoms with Crippen LogP contribution in [0.3, 0.4) is 0 Å². The average Bonchev–Trinajstić information content (AvgIpc) is 2.40. The fraction of sp³-hybridized carbons (Fsp3) is 1.00. The molecule has 0 aromatic rings. The molecule has 5 nitrogen and oxygen atoms in total.